The van der Waals surface area contributed by atoms with Crippen LogP contribution in [0.5, 0.6) is 5.75 Å². The van der Waals surface area contributed by atoms with Gasteiger partial charge in [-0.25, -0.2) is 4.79 Å². The lowest BCUT2D eigenvalue weighted by molar-refractivity contribution is 0.0899. The highest BCUT2D eigenvalue weighted by molar-refractivity contribution is 5.74. The molecule has 4 aliphatic rings. The van der Waals surface area contributed by atoms with Gasteiger partial charge in [0, 0.05) is 31.9 Å². The second-order valence-corrected chi connectivity index (χ2v) is 8.95. The van der Waals surface area contributed by atoms with Gasteiger partial charge in [0.2, 0.25) is 0 Å². The van der Waals surface area contributed by atoms with Crippen LogP contribution in [0.3, 0.4) is 0 Å². The van der Waals surface area contributed by atoms with Crippen molar-refractivity contribution < 1.29 is 14.6 Å². The average Bonchev–Trinajstić information content (AvgIpc) is 3.02. The van der Waals surface area contributed by atoms with E-state index >= 15 is 0 Å². The molecule has 0 aromatic heterocycles. The van der Waals surface area contributed by atoms with Crippen molar-refractivity contribution in [3.63, 3.8) is 0 Å². The summed E-state index contributed by atoms with van der Waals surface area (Å²) in [5.41, 5.74) is 1.55. The molecular formula is C23H35N3O3. The number of amides is 2. The summed E-state index contributed by atoms with van der Waals surface area (Å²) in [6.45, 7) is 5.56. The molecule has 1 spiro atoms. The van der Waals surface area contributed by atoms with Gasteiger partial charge in [0.05, 0.1) is 19.3 Å². The molecule has 1 aromatic carbocycles. The molecule has 2 bridgehead atoms. The number of rotatable bonds is 5. The van der Waals surface area contributed by atoms with E-state index in [1.807, 2.05) is 11.8 Å². The zero-order valence-electron chi connectivity index (χ0n) is 17.6. The number of nitrogens with one attached hydrogen (secondary N) is 1. The fourth-order valence-electron chi connectivity index (χ4n) is 5.94. The van der Waals surface area contributed by atoms with Gasteiger partial charge in [-0.2, -0.15) is 0 Å². The Hall–Kier alpha value is -1.95. The monoisotopic (exact) mass is 401 g/mol. The molecule has 5 rings (SSSR count). The molecule has 1 saturated carbocycles. The van der Waals surface area contributed by atoms with E-state index in [4.69, 9.17) is 9.84 Å². The Labute approximate surface area is 174 Å². The highest BCUT2D eigenvalue weighted by Crippen LogP contribution is 2.51. The molecule has 2 amide bonds. The number of piperidine rings is 1. The first kappa shape index (κ1) is 20.3. The first-order valence-corrected chi connectivity index (χ1v) is 11.3. The number of carbonyl (C=O) groups excluding carboxylic acids is 1. The van der Waals surface area contributed by atoms with Crippen LogP contribution in [-0.4, -0.2) is 61.5 Å². The zero-order valence-corrected chi connectivity index (χ0v) is 17.6. The normalized spacial score (nSPS) is 25.7. The third kappa shape index (κ3) is 4.18. The summed E-state index contributed by atoms with van der Waals surface area (Å²) in [7, 11) is 0. The minimum Gasteiger partial charge on any atom is -0.494 e. The van der Waals surface area contributed by atoms with E-state index in [2.05, 4.69) is 34.5 Å². The van der Waals surface area contributed by atoms with E-state index in [0.717, 1.165) is 25.4 Å². The van der Waals surface area contributed by atoms with Crippen LogP contribution >= 0.6 is 0 Å². The summed E-state index contributed by atoms with van der Waals surface area (Å²) in [6, 6.07) is 8.80. The number of hydrogen-bond donors (Lipinski definition) is 2. The van der Waals surface area contributed by atoms with Gasteiger partial charge in [0.25, 0.3) is 0 Å². The average molecular weight is 402 g/mol. The first-order chi connectivity index (χ1) is 14.1. The van der Waals surface area contributed by atoms with E-state index in [0.29, 0.717) is 30.5 Å². The fourth-order valence-corrected chi connectivity index (χ4v) is 5.94. The number of aliphatic hydroxyl groups is 1. The number of nitrogens with zero attached hydrogens (tertiary/aromatic N) is 2. The summed E-state index contributed by atoms with van der Waals surface area (Å²) in [5, 5.41) is 12.0. The van der Waals surface area contributed by atoms with Crippen LogP contribution in [-0.2, 0) is 0 Å². The molecule has 3 saturated heterocycles. The first-order valence-electron chi connectivity index (χ1n) is 11.3. The number of benzene rings is 1. The molecule has 2 N–H and O–H groups in total. The van der Waals surface area contributed by atoms with Crippen LogP contribution < -0.4 is 15.0 Å². The predicted octanol–water partition coefficient (Wildman–Crippen LogP) is 3.25. The predicted molar refractivity (Wildman–Crippen MR) is 114 cm³/mol. The molecule has 2 atom stereocenters. The number of urea groups is 1. The number of fused-ring (bicyclic) bond motifs is 3. The molecule has 6 heteroatoms. The van der Waals surface area contributed by atoms with Crippen molar-refractivity contribution in [2.45, 2.75) is 51.5 Å². The summed E-state index contributed by atoms with van der Waals surface area (Å²) < 4.78 is 5.63. The summed E-state index contributed by atoms with van der Waals surface area (Å²) in [6.07, 6.45) is 7.72. The van der Waals surface area contributed by atoms with Gasteiger partial charge in [-0.05, 0) is 61.8 Å². The van der Waals surface area contributed by atoms with Crippen LogP contribution in [0.2, 0.25) is 0 Å². The van der Waals surface area contributed by atoms with E-state index in [9.17, 15) is 4.79 Å². The van der Waals surface area contributed by atoms with Gasteiger partial charge in [0.15, 0.2) is 0 Å². The van der Waals surface area contributed by atoms with Gasteiger partial charge >= 0.3 is 6.03 Å². The molecule has 0 radical (unpaired) electrons. The molecule has 2 unspecified atom stereocenters. The van der Waals surface area contributed by atoms with Gasteiger partial charge in [0.1, 0.15) is 5.75 Å². The fraction of sp³-hybridized carbons (Fsp3) is 0.696. The quantitative estimate of drug-likeness (QED) is 0.795. The highest BCUT2D eigenvalue weighted by atomic mass is 16.5. The second-order valence-electron chi connectivity index (χ2n) is 8.95. The highest BCUT2D eigenvalue weighted by Gasteiger charge is 2.51. The van der Waals surface area contributed by atoms with Crippen molar-refractivity contribution in [3.8, 4) is 5.75 Å². The number of aliphatic hydroxyl groups excluding tert-OH is 1. The van der Waals surface area contributed by atoms with E-state index in [1.165, 1.54) is 44.2 Å². The smallest absolute Gasteiger partial charge is 0.317 e. The zero-order chi connectivity index (χ0) is 20.3. The lowest BCUT2D eigenvalue weighted by atomic mass is 9.62. The Balaban J connectivity index is 1.61. The van der Waals surface area contributed by atoms with Crippen molar-refractivity contribution in [3.05, 3.63) is 24.3 Å². The van der Waals surface area contributed by atoms with Crippen molar-refractivity contribution in [2.24, 2.45) is 11.3 Å². The SMILES string of the molecule is CCOc1ccc(N2CC3CN(C(=O)NCCO)CC2C2(CCCCC2)C3)cc1. The topological polar surface area (TPSA) is 65.0 Å². The Bertz CT molecular complexity index is 687. The molecule has 29 heavy (non-hydrogen) atoms. The third-order valence-electron chi connectivity index (χ3n) is 7.11. The van der Waals surface area contributed by atoms with E-state index < -0.39 is 0 Å². The van der Waals surface area contributed by atoms with Crippen LogP contribution in [0.25, 0.3) is 0 Å². The number of ether oxygens (including phenoxy) is 1. The maximum absolute atomic E-state index is 12.7. The van der Waals surface area contributed by atoms with Crippen molar-refractivity contribution in [1.29, 1.82) is 0 Å². The molecule has 160 valence electrons. The Morgan fingerprint density at radius 2 is 1.93 bits per heavy atom. The molecule has 1 aliphatic carbocycles. The second kappa shape index (κ2) is 8.82. The number of carbonyl (C=O) groups is 1. The van der Waals surface area contributed by atoms with Gasteiger partial charge < -0.3 is 25.0 Å². The Kier molecular flexibility index (Phi) is 6.18. The van der Waals surface area contributed by atoms with Gasteiger partial charge in [-0.15, -0.1) is 0 Å². The minimum atomic E-state index is -0.0320. The van der Waals surface area contributed by atoms with Crippen LogP contribution in [0.1, 0.15) is 45.4 Å². The maximum atomic E-state index is 12.7. The van der Waals surface area contributed by atoms with E-state index in [1.54, 1.807) is 0 Å². The molecule has 3 heterocycles. The molecule has 4 fully saturated rings. The standard InChI is InChI=1S/C23H35N3O3/c1-2-29-20-8-6-19(7-9-20)26-16-18-14-23(10-4-3-5-11-23)21(26)17-25(15-18)22(28)24-12-13-27/h6-9,18,21,27H,2-5,10-17H2,1H3,(H,24,28). The van der Waals surface area contributed by atoms with Crippen molar-refractivity contribution in [2.75, 3.05) is 44.3 Å². The summed E-state index contributed by atoms with van der Waals surface area (Å²) in [5.74, 6) is 1.40. The van der Waals surface area contributed by atoms with Crippen LogP contribution in [0.15, 0.2) is 24.3 Å². The van der Waals surface area contributed by atoms with Gasteiger partial charge in [-0.1, -0.05) is 19.3 Å². The summed E-state index contributed by atoms with van der Waals surface area (Å²) in [4.78, 5) is 17.3. The maximum Gasteiger partial charge on any atom is 0.317 e. The summed E-state index contributed by atoms with van der Waals surface area (Å²) >= 11 is 0. The van der Waals surface area contributed by atoms with Crippen LogP contribution in [0, 0.1) is 11.3 Å². The molecule has 1 aromatic rings. The minimum absolute atomic E-state index is 0.0192. The largest absolute Gasteiger partial charge is 0.494 e. The number of hydrogen-bond acceptors (Lipinski definition) is 4. The molecule has 6 nitrogen and oxygen atoms in total. The Morgan fingerprint density at radius 3 is 2.62 bits per heavy atom. The third-order valence-corrected chi connectivity index (χ3v) is 7.11. The van der Waals surface area contributed by atoms with Crippen molar-refractivity contribution >= 4 is 11.7 Å². The van der Waals surface area contributed by atoms with Gasteiger partial charge in [-0.3, -0.25) is 0 Å². The molecule has 3 aliphatic heterocycles. The number of anilines is 1. The molecular weight excluding hydrogens is 366 g/mol. The Morgan fingerprint density at radius 1 is 1.17 bits per heavy atom. The lowest BCUT2D eigenvalue weighted by Crippen LogP contribution is -2.57. The lowest BCUT2D eigenvalue weighted by Gasteiger charge is -2.53. The van der Waals surface area contributed by atoms with Crippen molar-refractivity contribution in [1.82, 2.24) is 10.2 Å². The van der Waals surface area contributed by atoms with E-state index in [-0.39, 0.29) is 12.6 Å². The van der Waals surface area contributed by atoms with Crippen LogP contribution in [0.4, 0.5) is 10.5 Å².